The predicted molar refractivity (Wildman–Crippen MR) is 119 cm³/mol. The van der Waals surface area contributed by atoms with E-state index in [1.54, 1.807) is 35.5 Å². The van der Waals surface area contributed by atoms with E-state index >= 15 is 0 Å². The van der Waals surface area contributed by atoms with Gasteiger partial charge in [-0.05, 0) is 49.2 Å². The van der Waals surface area contributed by atoms with Gasteiger partial charge in [0.1, 0.15) is 6.04 Å². The first-order chi connectivity index (χ1) is 15.5. The SMILES string of the molecule is COc1ccc(C(c2ccc(OC)c(OC)c2OC)N2CCCCC2C(=O)O)cc1OC. The van der Waals surface area contributed by atoms with E-state index in [9.17, 15) is 9.90 Å². The molecule has 8 heteroatoms. The van der Waals surface area contributed by atoms with Gasteiger partial charge in [-0.3, -0.25) is 9.69 Å². The maximum Gasteiger partial charge on any atom is 0.320 e. The van der Waals surface area contributed by atoms with Crippen LogP contribution in [-0.2, 0) is 4.79 Å². The molecule has 0 amide bonds. The lowest BCUT2D eigenvalue weighted by molar-refractivity contribution is -0.145. The first kappa shape index (κ1) is 23.5. The number of ether oxygens (including phenoxy) is 5. The van der Waals surface area contributed by atoms with Crippen molar-refractivity contribution in [1.29, 1.82) is 0 Å². The molecule has 1 N–H and O–H groups in total. The molecule has 3 rings (SSSR count). The van der Waals surface area contributed by atoms with Crippen LogP contribution < -0.4 is 23.7 Å². The maximum absolute atomic E-state index is 12.2. The van der Waals surface area contributed by atoms with Gasteiger partial charge in [0, 0.05) is 5.56 Å². The summed E-state index contributed by atoms with van der Waals surface area (Å²) >= 11 is 0. The van der Waals surface area contributed by atoms with Crippen molar-refractivity contribution in [3.63, 3.8) is 0 Å². The van der Waals surface area contributed by atoms with Crippen molar-refractivity contribution in [2.75, 3.05) is 42.1 Å². The Morgan fingerprint density at radius 3 is 2.12 bits per heavy atom. The van der Waals surface area contributed by atoms with Crippen LogP contribution in [0.4, 0.5) is 0 Å². The van der Waals surface area contributed by atoms with Crippen LogP contribution in [0.1, 0.15) is 36.4 Å². The van der Waals surface area contributed by atoms with Crippen molar-refractivity contribution in [1.82, 2.24) is 4.90 Å². The highest BCUT2D eigenvalue weighted by Crippen LogP contribution is 2.47. The van der Waals surface area contributed by atoms with Crippen LogP contribution in [-0.4, -0.2) is 64.1 Å². The van der Waals surface area contributed by atoms with Crippen molar-refractivity contribution >= 4 is 5.97 Å². The van der Waals surface area contributed by atoms with E-state index in [0.29, 0.717) is 41.7 Å². The normalized spacial score (nSPS) is 17.3. The van der Waals surface area contributed by atoms with Crippen LogP contribution in [0.15, 0.2) is 30.3 Å². The molecule has 0 saturated carbocycles. The lowest BCUT2D eigenvalue weighted by atomic mass is 9.90. The molecule has 2 atom stereocenters. The number of hydrogen-bond donors (Lipinski definition) is 1. The maximum atomic E-state index is 12.2. The van der Waals surface area contributed by atoms with Crippen molar-refractivity contribution in [2.45, 2.75) is 31.3 Å². The third-order valence-corrected chi connectivity index (χ3v) is 5.91. The van der Waals surface area contributed by atoms with Gasteiger partial charge in [0.15, 0.2) is 23.0 Å². The van der Waals surface area contributed by atoms with Gasteiger partial charge in [-0.15, -0.1) is 0 Å². The zero-order chi connectivity index (χ0) is 23.3. The molecule has 0 spiro atoms. The monoisotopic (exact) mass is 445 g/mol. The molecule has 174 valence electrons. The minimum absolute atomic E-state index is 0.411. The zero-order valence-electron chi connectivity index (χ0n) is 19.2. The topological polar surface area (TPSA) is 86.7 Å². The smallest absolute Gasteiger partial charge is 0.320 e. The Morgan fingerprint density at radius 1 is 0.875 bits per heavy atom. The van der Waals surface area contributed by atoms with Gasteiger partial charge in [-0.2, -0.15) is 0 Å². The molecular formula is C24H31NO7. The van der Waals surface area contributed by atoms with Crippen LogP contribution in [0.5, 0.6) is 28.7 Å². The number of methoxy groups -OCH3 is 5. The summed E-state index contributed by atoms with van der Waals surface area (Å²) in [6.45, 7) is 0.632. The van der Waals surface area contributed by atoms with E-state index in [1.807, 2.05) is 35.2 Å². The first-order valence-corrected chi connectivity index (χ1v) is 10.5. The molecule has 1 heterocycles. The molecule has 0 radical (unpaired) electrons. The molecule has 1 aliphatic heterocycles. The fraction of sp³-hybridized carbons (Fsp3) is 0.458. The second kappa shape index (κ2) is 10.5. The fourth-order valence-corrected chi connectivity index (χ4v) is 4.44. The highest BCUT2D eigenvalue weighted by Gasteiger charge is 2.37. The number of hydrogen-bond acceptors (Lipinski definition) is 7. The summed E-state index contributed by atoms with van der Waals surface area (Å²) in [6.07, 6.45) is 2.35. The summed E-state index contributed by atoms with van der Waals surface area (Å²) < 4.78 is 27.7. The average Bonchev–Trinajstić information content (AvgIpc) is 2.83. The standard InChI is InChI=1S/C24H31NO7/c1-28-18-11-9-15(14-20(18)30-3)21(25-13-7-6-8-17(25)24(26)27)16-10-12-19(29-2)23(32-5)22(16)31-4/h9-12,14,17,21H,6-8,13H2,1-5H3,(H,26,27). The number of nitrogens with zero attached hydrogens (tertiary/aromatic N) is 1. The number of likely N-dealkylation sites (tertiary alicyclic amines) is 1. The summed E-state index contributed by atoms with van der Waals surface area (Å²) in [7, 11) is 7.84. The molecule has 0 aromatic heterocycles. The minimum atomic E-state index is -0.838. The molecule has 1 fully saturated rings. The van der Waals surface area contributed by atoms with Crippen LogP contribution in [0.2, 0.25) is 0 Å². The molecule has 0 aliphatic carbocycles. The van der Waals surface area contributed by atoms with E-state index < -0.39 is 18.1 Å². The Balaban J connectivity index is 2.25. The van der Waals surface area contributed by atoms with Crippen molar-refractivity contribution < 1.29 is 33.6 Å². The first-order valence-electron chi connectivity index (χ1n) is 10.5. The van der Waals surface area contributed by atoms with Gasteiger partial charge in [0.25, 0.3) is 0 Å². The van der Waals surface area contributed by atoms with Crippen molar-refractivity contribution in [3.05, 3.63) is 41.5 Å². The van der Waals surface area contributed by atoms with Crippen molar-refractivity contribution in [3.8, 4) is 28.7 Å². The van der Waals surface area contributed by atoms with Gasteiger partial charge < -0.3 is 28.8 Å². The molecular weight excluding hydrogens is 414 g/mol. The Kier molecular flexibility index (Phi) is 7.69. The summed E-state index contributed by atoms with van der Waals surface area (Å²) in [5.74, 6) is 1.83. The Labute approximate surface area is 188 Å². The largest absolute Gasteiger partial charge is 0.493 e. The third kappa shape index (κ3) is 4.41. The zero-order valence-corrected chi connectivity index (χ0v) is 19.2. The van der Waals surface area contributed by atoms with Gasteiger partial charge >= 0.3 is 5.97 Å². The lowest BCUT2D eigenvalue weighted by Crippen LogP contribution is -2.46. The number of aliphatic carboxylic acids is 1. The van der Waals surface area contributed by atoms with Crippen LogP contribution >= 0.6 is 0 Å². The van der Waals surface area contributed by atoms with E-state index in [0.717, 1.165) is 24.0 Å². The lowest BCUT2D eigenvalue weighted by Gasteiger charge is -2.40. The second-order valence-corrected chi connectivity index (χ2v) is 7.53. The molecule has 2 unspecified atom stereocenters. The summed E-state index contributed by atoms with van der Waals surface area (Å²) in [5.41, 5.74) is 1.65. The molecule has 1 saturated heterocycles. The highest BCUT2D eigenvalue weighted by atomic mass is 16.5. The van der Waals surface area contributed by atoms with Crippen LogP contribution in [0.25, 0.3) is 0 Å². The molecule has 32 heavy (non-hydrogen) atoms. The van der Waals surface area contributed by atoms with Crippen LogP contribution in [0, 0.1) is 0 Å². The minimum Gasteiger partial charge on any atom is -0.493 e. The number of carboxylic acid groups (broad SMARTS) is 1. The van der Waals surface area contributed by atoms with E-state index in [4.69, 9.17) is 23.7 Å². The average molecular weight is 446 g/mol. The molecule has 2 aromatic carbocycles. The molecule has 2 aromatic rings. The van der Waals surface area contributed by atoms with E-state index in [-0.39, 0.29) is 0 Å². The fourth-order valence-electron chi connectivity index (χ4n) is 4.44. The second-order valence-electron chi connectivity index (χ2n) is 7.53. The van der Waals surface area contributed by atoms with Gasteiger partial charge in [-0.25, -0.2) is 0 Å². The molecule has 1 aliphatic rings. The number of benzene rings is 2. The van der Waals surface area contributed by atoms with E-state index in [1.165, 1.54) is 0 Å². The molecule has 0 bridgehead atoms. The number of rotatable bonds is 9. The number of carboxylic acids is 1. The molecule has 8 nitrogen and oxygen atoms in total. The summed E-state index contributed by atoms with van der Waals surface area (Å²) in [6, 6.07) is 8.31. The number of piperidine rings is 1. The predicted octanol–water partition coefficient (Wildman–Crippen LogP) is 3.76. The van der Waals surface area contributed by atoms with Gasteiger partial charge in [0.2, 0.25) is 5.75 Å². The Morgan fingerprint density at radius 2 is 1.53 bits per heavy atom. The van der Waals surface area contributed by atoms with E-state index in [2.05, 4.69) is 0 Å². The van der Waals surface area contributed by atoms with Crippen LogP contribution in [0.3, 0.4) is 0 Å². The third-order valence-electron chi connectivity index (χ3n) is 5.91. The summed E-state index contributed by atoms with van der Waals surface area (Å²) in [4.78, 5) is 14.2. The number of carbonyl (C=O) groups is 1. The Hall–Kier alpha value is -3.13. The summed E-state index contributed by atoms with van der Waals surface area (Å²) in [5, 5.41) is 9.98. The van der Waals surface area contributed by atoms with Crippen molar-refractivity contribution in [2.24, 2.45) is 0 Å². The Bertz CT molecular complexity index is 946. The highest BCUT2D eigenvalue weighted by molar-refractivity contribution is 5.74. The van der Waals surface area contributed by atoms with Gasteiger partial charge in [0.05, 0.1) is 41.6 Å². The van der Waals surface area contributed by atoms with Gasteiger partial charge in [-0.1, -0.05) is 12.5 Å². The quantitative estimate of drug-likeness (QED) is 0.624.